The second-order valence-corrected chi connectivity index (χ2v) is 6.81. The summed E-state index contributed by atoms with van der Waals surface area (Å²) in [6, 6.07) is 16.1. The molecule has 0 atom stereocenters. The fourth-order valence-electron chi connectivity index (χ4n) is 2.52. The molecule has 142 valence electrons. The molecular weight excluding hydrogens is 376 g/mol. The zero-order chi connectivity index (χ0) is 19.9. The van der Waals surface area contributed by atoms with Gasteiger partial charge in [-0.05, 0) is 36.0 Å². The Morgan fingerprint density at radius 3 is 2.57 bits per heavy atom. The molecule has 0 radical (unpaired) electrons. The van der Waals surface area contributed by atoms with Gasteiger partial charge in [0.15, 0.2) is 6.61 Å². The van der Waals surface area contributed by atoms with Crippen LogP contribution < -0.4 is 10.1 Å². The molecule has 6 nitrogen and oxygen atoms in total. The predicted molar refractivity (Wildman–Crippen MR) is 110 cm³/mol. The Morgan fingerprint density at radius 2 is 1.82 bits per heavy atom. The van der Waals surface area contributed by atoms with E-state index in [-0.39, 0.29) is 30.2 Å². The van der Waals surface area contributed by atoms with Crippen LogP contribution >= 0.6 is 11.8 Å². The van der Waals surface area contributed by atoms with Crippen molar-refractivity contribution in [2.24, 2.45) is 0 Å². The van der Waals surface area contributed by atoms with Crippen LogP contribution in [0.2, 0.25) is 0 Å². The second kappa shape index (κ2) is 9.05. The van der Waals surface area contributed by atoms with Gasteiger partial charge in [0.25, 0.3) is 17.1 Å². The summed E-state index contributed by atoms with van der Waals surface area (Å²) < 4.78 is 5.63. The minimum atomic E-state index is -0.369. The first-order chi connectivity index (χ1) is 13.6. The van der Waals surface area contributed by atoms with Crippen LogP contribution in [0.15, 0.2) is 72.2 Å². The second-order valence-electron chi connectivity index (χ2n) is 5.82. The van der Waals surface area contributed by atoms with Crippen LogP contribution in [0.5, 0.6) is 5.75 Å². The molecule has 28 heavy (non-hydrogen) atoms. The Kier molecular flexibility index (Phi) is 6.29. The molecule has 0 unspecified atom stereocenters. The molecule has 7 heteroatoms. The first-order valence-electron chi connectivity index (χ1n) is 8.51. The molecule has 1 aliphatic heterocycles. The minimum absolute atomic E-state index is 0.166. The number of benzene rings is 2. The molecule has 0 spiro atoms. The molecule has 0 aliphatic carbocycles. The quantitative estimate of drug-likeness (QED) is 0.569. The van der Waals surface area contributed by atoms with Crippen molar-refractivity contribution in [2.45, 2.75) is 0 Å². The van der Waals surface area contributed by atoms with E-state index in [1.165, 1.54) is 6.08 Å². The molecule has 2 aromatic carbocycles. The van der Waals surface area contributed by atoms with E-state index in [4.69, 9.17) is 4.74 Å². The Labute approximate surface area is 166 Å². The van der Waals surface area contributed by atoms with Gasteiger partial charge < -0.3 is 10.1 Å². The van der Waals surface area contributed by atoms with E-state index < -0.39 is 0 Å². The van der Waals surface area contributed by atoms with Gasteiger partial charge in [0, 0.05) is 17.8 Å². The summed E-state index contributed by atoms with van der Waals surface area (Å²) in [5.74, 6) is -0.222. The van der Waals surface area contributed by atoms with Crippen molar-refractivity contribution < 1.29 is 19.1 Å². The number of hydrogen-bond acceptors (Lipinski definition) is 5. The maximum Gasteiger partial charge on any atom is 0.293 e. The molecular formula is C21H18N2O4S. The summed E-state index contributed by atoms with van der Waals surface area (Å²) in [7, 11) is 0. The van der Waals surface area contributed by atoms with Gasteiger partial charge in [0.2, 0.25) is 0 Å². The van der Waals surface area contributed by atoms with E-state index in [2.05, 4.69) is 11.9 Å². The first-order valence-corrected chi connectivity index (χ1v) is 9.33. The highest BCUT2D eigenvalue weighted by atomic mass is 32.2. The standard InChI is InChI=1S/C21H18N2O4S/c1-2-12-23-20(25)18(28-21(23)26)13-15-8-6-7-11-17(15)27-14-19(24)22-16-9-4-3-5-10-16/h2-11,13H,1,12,14H2,(H,22,24). The lowest BCUT2D eigenvalue weighted by atomic mass is 10.2. The Hall–Kier alpha value is -3.32. The Balaban J connectivity index is 1.70. The maximum absolute atomic E-state index is 12.4. The predicted octanol–water partition coefficient (Wildman–Crippen LogP) is 3.93. The topological polar surface area (TPSA) is 75.7 Å². The Bertz CT molecular complexity index is 940. The Morgan fingerprint density at radius 1 is 1.11 bits per heavy atom. The molecule has 1 heterocycles. The number of amides is 3. The van der Waals surface area contributed by atoms with Crippen LogP contribution in [0.3, 0.4) is 0 Å². The highest BCUT2D eigenvalue weighted by Gasteiger charge is 2.34. The summed E-state index contributed by atoms with van der Waals surface area (Å²) in [6.07, 6.45) is 3.10. The van der Waals surface area contributed by atoms with Crippen molar-refractivity contribution >= 4 is 40.6 Å². The van der Waals surface area contributed by atoms with E-state index in [0.29, 0.717) is 21.9 Å². The van der Waals surface area contributed by atoms with Crippen molar-refractivity contribution in [1.82, 2.24) is 4.90 Å². The molecule has 0 saturated carbocycles. The largest absolute Gasteiger partial charge is 0.483 e. The zero-order valence-electron chi connectivity index (χ0n) is 15.0. The number of imide groups is 1. The van der Waals surface area contributed by atoms with Crippen LogP contribution in [0.4, 0.5) is 10.5 Å². The summed E-state index contributed by atoms with van der Waals surface area (Å²) >= 11 is 0.867. The van der Waals surface area contributed by atoms with Crippen molar-refractivity contribution in [3.8, 4) is 5.75 Å². The van der Waals surface area contributed by atoms with Gasteiger partial charge in [0.05, 0.1) is 4.91 Å². The third kappa shape index (κ3) is 4.69. The first kappa shape index (κ1) is 19.4. The number of ether oxygens (including phenoxy) is 1. The van der Waals surface area contributed by atoms with Crippen LogP contribution in [0, 0.1) is 0 Å². The normalized spacial score (nSPS) is 15.0. The summed E-state index contributed by atoms with van der Waals surface area (Å²) in [4.78, 5) is 37.8. The van der Waals surface area contributed by atoms with Crippen LogP contribution in [-0.2, 0) is 9.59 Å². The number of carbonyl (C=O) groups is 3. The fraction of sp³-hybridized carbons (Fsp3) is 0.0952. The molecule has 2 aromatic rings. The van der Waals surface area contributed by atoms with E-state index in [1.54, 1.807) is 42.5 Å². The van der Waals surface area contributed by atoms with Crippen molar-refractivity contribution in [1.29, 1.82) is 0 Å². The number of para-hydroxylation sites is 2. The molecule has 1 aliphatic rings. The van der Waals surface area contributed by atoms with E-state index in [1.807, 2.05) is 18.2 Å². The number of rotatable bonds is 7. The number of thioether (sulfide) groups is 1. The van der Waals surface area contributed by atoms with Crippen molar-refractivity contribution in [2.75, 3.05) is 18.5 Å². The molecule has 3 rings (SSSR count). The smallest absolute Gasteiger partial charge is 0.293 e. The fourth-order valence-corrected chi connectivity index (χ4v) is 3.36. The zero-order valence-corrected chi connectivity index (χ0v) is 15.8. The van der Waals surface area contributed by atoms with Crippen LogP contribution in [0.25, 0.3) is 6.08 Å². The van der Waals surface area contributed by atoms with Crippen molar-refractivity contribution in [3.63, 3.8) is 0 Å². The van der Waals surface area contributed by atoms with Gasteiger partial charge in [-0.3, -0.25) is 19.3 Å². The number of hydrogen-bond donors (Lipinski definition) is 1. The van der Waals surface area contributed by atoms with Gasteiger partial charge in [-0.1, -0.05) is 42.5 Å². The van der Waals surface area contributed by atoms with E-state index in [9.17, 15) is 14.4 Å². The molecule has 3 amide bonds. The number of nitrogens with one attached hydrogen (secondary N) is 1. The highest BCUT2D eigenvalue weighted by molar-refractivity contribution is 8.18. The van der Waals surface area contributed by atoms with Gasteiger partial charge in [-0.15, -0.1) is 6.58 Å². The van der Waals surface area contributed by atoms with E-state index in [0.717, 1.165) is 16.7 Å². The third-order valence-corrected chi connectivity index (χ3v) is 4.71. The van der Waals surface area contributed by atoms with Crippen LogP contribution in [0.1, 0.15) is 5.56 Å². The lowest BCUT2D eigenvalue weighted by molar-refractivity contribution is -0.122. The maximum atomic E-state index is 12.4. The lowest BCUT2D eigenvalue weighted by Crippen LogP contribution is -2.27. The molecule has 0 aromatic heterocycles. The average molecular weight is 394 g/mol. The molecule has 1 N–H and O–H groups in total. The van der Waals surface area contributed by atoms with Gasteiger partial charge in [-0.2, -0.15) is 0 Å². The highest BCUT2D eigenvalue weighted by Crippen LogP contribution is 2.33. The SMILES string of the molecule is C=CCN1C(=O)SC(=Cc2ccccc2OCC(=O)Nc2ccccc2)C1=O. The minimum Gasteiger partial charge on any atom is -0.483 e. The van der Waals surface area contributed by atoms with Crippen LogP contribution in [-0.4, -0.2) is 35.1 Å². The molecule has 0 bridgehead atoms. The molecule has 1 fully saturated rings. The third-order valence-electron chi connectivity index (χ3n) is 3.81. The van der Waals surface area contributed by atoms with Gasteiger partial charge in [0.1, 0.15) is 5.75 Å². The van der Waals surface area contributed by atoms with Crippen molar-refractivity contribution in [3.05, 3.63) is 77.7 Å². The summed E-state index contributed by atoms with van der Waals surface area (Å²) in [6.45, 7) is 3.54. The lowest BCUT2D eigenvalue weighted by Gasteiger charge is -2.10. The summed E-state index contributed by atoms with van der Waals surface area (Å²) in [5.41, 5.74) is 1.29. The van der Waals surface area contributed by atoms with Gasteiger partial charge in [-0.25, -0.2) is 0 Å². The summed E-state index contributed by atoms with van der Waals surface area (Å²) in [5, 5.41) is 2.40. The van der Waals surface area contributed by atoms with Gasteiger partial charge >= 0.3 is 0 Å². The number of anilines is 1. The molecule has 1 saturated heterocycles. The van der Waals surface area contributed by atoms with E-state index >= 15 is 0 Å². The number of carbonyl (C=O) groups excluding carboxylic acids is 3. The average Bonchev–Trinajstić information content (AvgIpc) is 2.96. The number of nitrogens with zero attached hydrogens (tertiary/aromatic N) is 1. The monoisotopic (exact) mass is 394 g/mol.